The van der Waals surface area contributed by atoms with Crippen LogP contribution in [0.3, 0.4) is 0 Å². The zero-order valence-electron chi connectivity index (χ0n) is 21.3. The molecule has 3 aromatic rings. The average Bonchev–Trinajstić information content (AvgIpc) is 2.84. The maximum atomic E-state index is 6.41. The van der Waals surface area contributed by atoms with Crippen LogP contribution in [-0.4, -0.2) is 29.2 Å². The standard InChI is InChI=1S/C28H36ClN5O/c1-17(2)35-26-15-22(20-10-12-21(30-5)13-11-20)19(4)14-25(26)33-28-31-16-23(29)27(34-28)32-24-9-7-6-8-18(24)3/h6-9,14-17,20-21,30H,10-13H2,1-5H3,(H2,31,32,33,34). The number of benzene rings is 2. The normalized spacial score (nSPS) is 17.9. The summed E-state index contributed by atoms with van der Waals surface area (Å²) in [5.41, 5.74) is 5.55. The molecule has 1 heterocycles. The first-order valence-corrected chi connectivity index (χ1v) is 12.8. The Kier molecular flexibility index (Phi) is 8.14. The van der Waals surface area contributed by atoms with Gasteiger partial charge in [-0.1, -0.05) is 29.8 Å². The fraction of sp³-hybridized carbons (Fsp3) is 0.429. The van der Waals surface area contributed by atoms with Gasteiger partial charge in [-0.2, -0.15) is 4.98 Å². The summed E-state index contributed by atoms with van der Waals surface area (Å²) in [5, 5.41) is 10.6. The molecule has 1 aliphatic rings. The SMILES string of the molecule is CNC1CCC(c2cc(OC(C)C)c(Nc3ncc(Cl)c(Nc4ccccc4C)n3)cc2C)CC1. The van der Waals surface area contributed by atoms with Gasteiger partial charge in [0.25, 0.3) is 0 Å². The molecule has 1 aliphatic carbocycles. The van der Waals surface area contributed by atoms with Crippen LogP contribution in [0.4, 0.5) is 23.1 Å². The topological polar surface area (TPSA) is 71.1 Å². The molecule has 4 rings (SSSR count). The predicted molar refractivity (Wildman–Crippen MR) is 146 cm³/mol. The summed E-state index contributed by atoms with van der Waals surface area (Å²) < 4.78 is 6.24. The van der Waals surface area contributed by atoms with Crippen LogP contribution in [0.5, 0.6) is 5.75 Å². The Hall–Kier alpha value is -2.83. The van der Waals surface area contributed by atoms with E-state index in [1.54, 1.807) is 6.20 Å². The molecule has 3 N–H and O–H groups in total. The number of nitrogens with one attached hydrogen (secondary N) is 3. The highest BCUT2D eigenvalue weighted by molar-refractivity contribution is 6.32. The van der Waals surface area contributed by atoms with Gasteiger partial charge < -0.3 is 20.7 Å². The number of halogens is 1. The second kappa shape index (κ2) is 11.3. The number of para-hydroxylation sites is 1. The number of ether oxygens (including phenoxy) is 1. The van der Waals surface area contributed by atoms with Crippen LogP contribution in [0.1, 0.15) is 62.1 Å². The molecule has 0 atom stereocenters. The number of nitrogens with zero attached hydrogens (tertiary/aromatic N) is 2. The molecular formula is C28H36ClN5O. The summed E-state index contributed by atoms with van der Waals surface area (Å²) in [5.74, 6) is 2.39. The maximum Gasteiger partial charge on any atom is 0.229 e. The summed E-state index contributed by atoms with van der Waals surface area (Å²) in [4.78, 5) is 9.08. The third kappa shape index (κ3) is 6.24. The Morgan fingerprint density at radius 3 is 2.40 bits per heavy atom. The molecule has 186 valence electrons. The van der Waals surface area contributed by atoms with E-state index in [0.717, 1.165) is 22.7 Å². The summed E-state index contributed by atoms with van der Waals surface area (Å²) in [6.07, 6.45) is 6.45. The van der Waals surface area contributed by atoms with Crippen molar-refractivity contribution in [1.29, 1.82) is 0 Å². The number of hydrogen-bond acceptors (Lipinski definition) is 6. The lowest BCUT2D eigenvalue weighted by Crippen LogP contribution is -2.29. The lowest BCUT2D eigenvalue weighted by molar-refractivity contribution is 0.243. The molecule has 2 aromatic carbocycles. The number of aryl methyl sites for hydroxylation is 2. The molecule has 0 unspecified atom stereocenters. The molecule has 1 saturated carbocycles. The van der Waals surface area contributed by atoms with Crippen LogP contribution >= 0.6 is 11.6 Å². The number of hydrogen-bond donors (Lipinski definition) is 3. The zero-order chi connectivity index (χ0) is 24.9. The second-order valence-corrected chi connectivity index (χ2v) is 10.1. The van der Waals surface area contributed by atoms with Crippen LogP contribution in [0, 0.1) is 13.8 Å². The van der Waals surface area contributed by atoms with E-state index < -0.39 is 0 Å². The molecular weight excluding hydrogens is 458 g/mol. The Balaban J connectivity index is 1.61. The summed E-state index contributed by atoms with van der Waals surface area (Å²) in [7, 11) is 2.06. The molecule has 0 amide bonds. The van der Waals surface area contributed by atoms with Gasteiger partial charge in [0.2, 0.25) is 5.95 Å². The van der Waals surface area contributed by atoms with Gasteiger partial charge in [0.15, 0.2) is 5.82 Å². The van der Waals surface area contributed by atoms with E-state index in [9.17, 15) is 0 Å². The average molecular weight is 494 g/mol. The quantitative estimate of drug-likeness (QED) is 0.306. The molecule has 0 radical (unpaired) electrons. The summed E-state index contributed by atoms with van der Waals surface area (Å²) >= 11 is 6.41. The number of aromatic nitrogens is 2. The van der Waals surface area contributed by atoms with E-state index in [-0.39, 0.29) is 6.10 Å². The molecule has 1 aromatic heterocycles. The minimum atomic E-state index is 0.0514. The van der Waals surface area contributed by atoms with Crippen LogP contribution < -0.4 is 20.7 Å². The highest BCUT2D eigenvalue weighted by atomic mass is 35.5. The van der Waals surface area contributed by atoms with Crippen molar-refractivity contribution in [3.8, 4) is 5.75 Å². The van der Waals surface area contributed by atoms with Gasteiger partial charge in [-0.3, -0.25) is 0 Å². The molecule has 0 spiro atoms. The smallest absolute Gasteiger partial charge is 0.229 e. The van der Waals surface area contributed by atoms with E-state index >= 15 is 0 Å². The van der Waals surface area contributed by atoms with Crippen molar-refractivity contribution in [2.45, 2.75) is 71.4 Å². The third-order valence-electron chi connectivity index (χ3n) is 6.69. The van der Waals surface area contributed by atoms with Crippen molar-refractivity contribution in [2.24, 2.45) is 0 Å². The lowest BCUT2D eigenvalue weighted by Gasteiger charge is -2.30. The highest BCUT2D eigenvalue weighted by Gasteiger charge is 2.24. The molecule has 7 heteroatoms. The predicted octanol–water partition coefficient (Wildman–Crippen LogP) is 7.27. The van der Waals surface area contributed by atoms with Crippen LogP contribution in [0.2, 0.25) is 5.02 Å². The highest BCUT2D eigenvalue weighted by Crippen LogP contribution is 2.40. The first-order chi connectivity index (χ1) is 16.8. The van der Waals surface area contributed by atoms with Crippen molar-refractivity contribution in [3.63, 3.8) is 0 Å². The van der Waals surface area contributed by atoms with E-state index in [4.69, 9.17) is 16.3 Å². The van der Waals surface area contributed by atoms with Gasteiger partial charge in [-0.15, -0.1) is 0 Å². The first kappa shape index (κ1) is 25.3. The Bertz CT molecular complexity index is 1160. The van der Waals surface area contributed by atoms with E-state index in [1.807, 2.05) is 45.0 Å². The largest absolute Gasteiger partial charge is 0.489 e. The third-order valence-corrected chi connectivity index (χ3v) is 6.97. The van der Waals surface area contributed by atoms with Gasteiger partial charge in [-0.05, 0) is 101 Å². The van der Waals surface area contributed by atoms with Gasteiger partial charge in [-0.25, -0.2) is 4.98 Å². The molecule has 0 aliphatic heterocycles. The van der Waals surface area contributed by atoms with Crippen molar-refractivity contribution in [1.82, 2.24) is 15.3 Å². The minimum absolute atomic E-state index is 0.0514. The summed E-state index contributed by atoms with van der Waals surface area (Å²) in [6.45, 7) is 8.31. The zero-order valence-corrected chi connectivity index (χ0v) is 22.0. The fourth-order valence-corrected chi connectivity index (χ4v) is 4.90. The summed E-state index contributed by atoms with van der Waals surface area (Å²) in [6, 6.07) is 13.0. The van der Waals surface area contributed by atoms with Crippen molar-refractivity contribution in [3.05, 3.63) is 64.3 Å². The molecule has 0 saturated heterocycles. The Labute approximate surface area is 213 Å². The minimum Gasteiger partial charge on any atom is -0.489 e. The maximum absolute atomic E-state index is 6.41. The fourth-order valence-electron chi connectivity index (χ4n) is 4.76. The monoisotopic (exact) mass is 493 g/mol. The van der Waals surface area contributed by atoms with Crippen LogP contribution in [-0.2, 0) is 0 Å². The molecule has 6 nitrogen and oxygen atoms in total. The molecule has 0 bridgehead atoms. The van der Waals surface area contributed by atoms with Crippen LogP contribution in [0.25, 0.3) is 0 Å². The van der Waals surface area contributed by atoms with Crippen molar-refractivity contribution >= 4 is 34.7 Å². The molecule has 1 fully saturated rings. The van der Waals surface area contributed by atoms with E-state index in [2.05, 4.69) is 52.0 Å². The molecule has 35 heavy (non-hydrogen) atoms. The van der Waals surface area contributed by atoms with Gasteiger partial charge in [0.05, 0.1) is 18.0 Å². The Morgan fingerprint density at radius 1 is 0.971 bits per heavy atom. The van der Waals surface area contributed by atoms with E-state index in [1.165, 1.54) is 36.8 Å². The van der Waals surface area contributed by atoms with E-state index in [0.29, 0.717) is 28.7 Å². The first-order valence-electron chi connectivity index (χ1n) is 12.4. The van der Waals surface area contributed by atoms with Gasteiger partial charge in [0, 0.05) is 11.7 Å². The Morgan fingerprint density at radius 2 is 1.71 bits per heavy atom. The lowest BCUT2D eigenvalue weighted by atomic mass is 9.80. The van der Waals surface area contributed by atoms with Crippen LogP contribution in [0.15, 0.2) is 42.6 Å². The van der Waals surface area contributed by atoms with Crippen molar-refractivity contribution < 1.29 is 4.74 Å². The van der Waals surface area contributed by atoms with Gasteiger partial charge in [0.1, 0.15) is 10.8 Å². The number of anilines is 4. The van der Waals surface area contributed by atoms with Crippen molar-refractivity contribution in [2.75, 3.05) is 17.7 Å². The number of rotatable bonds is 8. The second-order valence-electron chi connectivity index (χ2n) is 9.66. The van der Waals surface area contributed by atoms with Gasteiger partial charge >= 0.3 is 0 Å².